The highest BCUT2D eigenvalue weighted by Gasteiger charge is 2.20. The van der Waals surface area contributed by atoms with Crippen molar-refractivity contribution >= 4 is 34.2 Å². The van der Waals surface area contributed by atoms with Crippen LogP contribution in [0.5, 0.6) is 0 Å². The summed E-state index contributed by atoms with van der Waals surface area (Å²) in [7, 11) is 3.81. The fraction of sp³-hybridized carbons (Fsp3) is 0.364. The number of likely N-dealkylation sites (N-methyl/N-ethyl adjacent to an activating group) is 2. The van der Waals surface area contributed by atoms with E-state index < -0.39 is 0 Å². The third kappa shape index (κ3) is 2.09. The van der Waals surface area contributed by atoms with Gasteiger partial charge in [-0.3, -0.25) is 4.79 Å². The van der Waals surface area contributed by atoms with Gasteiger partial charge in [0.15, 0.2) is 0 Å². The quantitative estimate of drug-likeness (QED) is 0.680. The minimum atomic E-state index is 0.170. The number of carbonyl (C=O) groups is 1. The average Bonchev–Trinajstić information content (AvgIpc) is 2.25. The maximum atomic E-state index is 11.7. The number of nitrogens with zero attached hydrogens (tertiary/aromatic N) is 2. The summed E-state index contributed by atoms with van der Waals surface area (Å²) in [5, 5.41) is 0. The Morgan fingerprint density at radius 3 is 2.67 bits per heavy atom. The summed E-state index contributed by atoms with van der Waals surface area (Å²) in [5.41, 5.74) is 2.38. The number of hydrogen-bond donors (Lipinski definition) is 0. The number of rotatable bonds is 0. The number of benzene rings is 1. The molecule has 0 aliphatic carbocycles. The molecule has 1 amide bonds. The van der Waals surface area contributed by atoms with E-state index >= 15 is 0 Å². The van der Waals surface area contributed by atoms with Crippen molar-refractivity contribution in [1.82, 2.24) is 4.90 Å². The molecule has 1 aliphatic rings. The maximum absolute atomic E-state index is 11.7. The van der Waals surface area contributed by atoms with Crippen molar-refractivity contribution in [2.24, 2.45) is 0 Å². The van der Waals surface area contributed by atoms with Gasteiger partial charge in [-0.15, -0.1) is 0 Å². The second-order valence-corrected chi connectivity index (χ2v) is 5.12. The summed E-state index contributed by atoms with van der Waals surface area (Å²) in [4.78, 5) is 15.4. The number of fused-ring (bicyclic) bond motifs is 1. The fourth-order valence-electron chi connectivity index (χ4n) is 1.81. The van der Waals surface area contributed by atoms with Crippen molar-refractivity contribution in [3.63, 3.8) is 0 Å². The first-order chi connectivity index (χ1) is 7.08. The molecule has 3 nitrogen and oxygen atoms in total. The molecule has 1 aromatic carbocycles. The molecule has 2 rings (SSSR count). The maximum Gasteiger partial charge on any atom is 0.242 e. The van der Waals surface area contributed by atoms with E-state index in [0.29, 0.717) is 13.1 Å². The number of anilines is 1. The first kappa shape index (κ1) is 10.7. The molecule has 1 heterocycles. The minimum Gasteiger partial charge on any atom is -0.365 e. The monoisotopic (exact) mass is 316 g/mol. The van der Waals surface area contributed by atoms with Crippen LogP contribution in [0.2, 0.25) is 0 Å². The first-order valence-corrected chi connectivity index (χ1v) is 5.89. The SMILES string of the molecule is CN1Cc2cc(I)ccc2N(C)CC1=O. The molecule has 0 radical (unpaired) electrons. The van der Waals surface area contributed by atoms with Crippen LogP contribution in [0.15, 0.2) is 18.2 Å². The van der Waals surface area contributed by atoms with Crippen LogP contribution in [0.4, 0.5) is 5.69 Å². The third-order valence-electron chi connectivity index (χ3n) is 2.66. The molecular formula is C11H13IN2O. The summed E-state index contributed by atoms with van der Waals surface area (Å²) in [6.07, 6.45) is 0. The Morgan fingerprint density at radius 2 is 1.93 bits per heavy atom. The molecule has 15 heavy (non-hydrogen) atoms. The number of halogens is 1. The molecule has 4 heteroatoms. The predicted molar refractivity (Wildman–Crippen MR) is 68.9 cm³/mol. The normalized spacial score (nSPS) is 16.3. The van der Waals surface area contributed by atoms with Gasteiger partial charge in [0.05, 0.1) is 6.54 Å². The molecule has 0 saturated heterocycles. The lowest BCUT2D eigenvalue weighted by atomic mass is 10.1. The van der Waals surface area contributed by atoms with Crippen LogP contribution in [-0.2, 0) is 11.3 Å². The highest BCUT2D eigenvalue weighted by molar-refractivity contribution is 14.1. The summed E-state index contributed by atoms with van der Waals surface area (Å²) < 4.78 is 1.21. The zero-order valence-electron chi connectivity index (χ0n) is 8.83. The fourth-order valence-corrected chi connectivity index (χ4v) is 2.36. The van der Waals surface area contributed by atoms with Crippen LogP contribution in [0.3, 0.4) is 0 Å². The van der Waals surface area contributed by atoms with Gasteiger partial charge in [0, 0.05) is 29.9 Å². The van der Waals surface area contributed by atoms with Crippen LogP contribution in [0, 0.1) is 3.57 Å². The first-order valence-electron chi connectivity index (χ1n) is 4.81. The number of carbonyl (C=O) groups excluding carboxylic acids is 1. The molecule has 1 aliphatic heterocycles. The number of hydrogen-bond acceptors (Lipinski definition) is 2. The molecule has 0 saturated carbocycles. The zero-order chi connectivity index (χ0) is 11.0. The van der Waals surface area contributed by atoms with Crippen molar-refractivity contribution in [3.05, 3.63) is 27.3 Å². The van der Waals surface area contributed by atoms with Crippen molar-refractivity contribution in [2.45, 2.75) is 6.54 Å². The summed E-state index contributed by atoms with van der Waals surface area (Å²) >= 11 is 2.30. The third-order valence-corrected chi connectivity index (χ3v) is 3.33. The summed E-state index contributed by atoms with van der Waals surface area (Å²) in [5.74, 6) is 0.170. The summed E-state index contributed by atoms with van der Waals surface area (Å²) in [6.45, 7) is 1.17. The van der Waals surface area contributed by atoms with Crippen LogP contribution in [-0.4, -0.2) is 31.4 Å². The molecule has 0 atom stereocenters. The standard InChI is InChI=1S/C11H13IN2O/c1-13-7-11(15)14(2)6-8-5-9(12)3-4-10(8)13/h3-5H,6-7H2,1-2H3. The van der Waals surface area contributed by atoms with Crippen molar-refractivity contribution in [2.75, 3.05) is 25.5 Å². The van der Waals surface area contributed by atoms with Gasteiger partial charge in [-0.2, -0.15) is 0 Å². The highest BCUT2D eigenvalue weighted by Crippen LogP contribution is 2.25. The van der Waals surface area contributed by atoms with Crippen LogP contribution in [0.1, 0.15) is 5.56 Å². The highest BCUT2D eigenvalue weighted by atomic mass is 127. The lowest BCUT2D eigenvalue weighted by Crippen LogP contribution is -2.32. The van der Waals surface area contributed by atoms with Gasteiger partial charge < -0.3 is 9.80 Å². The van der Waals surface area contributed by atoms with Crippen LogP contribution in [0.25, 0.3) is 0 Å². The van der Waals surface area contributed by atoms with E-state index in [9.17, 15) is 4.79 Å². The molecule has 0 N–H and O–H groups in total. The van der Waals surface area contributed by atoms with Gasteiger partial charge in [-0.1, -0.05) is 0 Å². The van der Waals surface area contributed by atoms with Gasteiger partial charge in [-0.25, -0.2) is 0 Å². The minimum absolute atomic E-state index is 0.170. The lowest BCUT2D eigenvalue weighted by molar-refractivity contribution is -0.128. The Labute approximate surface area is 103 Å². The van der Waals surface area contributed by atoms with E-state index in [1.165, 1.54) is 9.13 Å². The van der Waals surface area contributed by atoms with Gasteiger partial charge in [0.1, 0.15) is 0 Å². The largest absolute Gasteiger partial charge is 0.365 e. The van der Waals surface area contributed by atoms with Crippen molar-refractivity contribution < 1.29 is 4.79 Å². The number of amides is 1. The molecule has 0 unspecified atom stereocenters. The van der Waals surface area contributed by atoms with E-state index in [-0.39, 0.29) is 5.91 Å². The van der Waals surface area contributed by atoms with Gasteiger partial charge in [0.2, 0.25) is 5.91 Å². The Balaban J connectivity index is 2.46. The van der Waals surface area contributed by atoms with E-state index in [1.807, 2.05) is 19.0 Å². The second-order valence-electron chi connectivity index (χ2n) is 3.88. The molecule has 0 aromatic heterocycles. The molecule has 80 valence electrons. The second kappa shape index (κ2) is 4.00. The average molecular weight is 316 g/mol. The Hall–Kier alpha value is -0.780. The van der Waals surface area contributed by atoms with Gasteiger partial charge in [0.25, 0.3) is 0 Å². The molecule has 0 spiro atoms. The van der Waals surface area contributed by atoms with Gasteiger partial charge >= 0.3 is 0 Å². The van der Waals surface area contributed by atoms with E-state index in [1.54, 1.807) is 4.90 Å². The summed E-state index contributed by atoms with van der Waals surface area (Å²) in [6, 6.07) is 6.30. The van der Waals surface area contributed by atoms with E-state index in [2.05, 4.69) is 40.8 Å². The van der Waals surface area contributed by atoms with Crippen LogP contribution < -0.4 is 4.90 Å². The lowest BCUT2D eigenvalue weighted by Gasteiger charge is -2.17. The van der Waals surface area contributed by atoms with Crippen molar-refractivity contribution in [3.8, 4) is 0 Å². The zero-order valence-corrected chi connectivity index (χ0v) is 11.0. The smallest absolute Gasteiger partial charge is 0.242 e. The topological polar surface area (TPSA) is 23.6 Å². The van der Waals surface area contributed by atoms with E-state index in [0.717, 1.165) is 5.69 Å². The Morgan fingerprint density at radius 1 is 1.20 bits per heavy atom. The van der Waals surface area contributed by atoms with Crippen LogP contribution >= 0.6 is 22.6 Å². The Kier molecular flexibility index (Phi) is 2.86. The molecule has 0 fully saturated rings. The molecule has 1 aromatic rings. The van der Waals surface area contributed by atoms with Crippen molar-refractivity contribution in [1.29, 1.82) is 0 Å². The Bertz CT molecular complexity index is 406. The van der Waals surface area contributed by atoms with Gasteiger partial charge in [-0.05, 0) is 46.4 Å². The molecular weight excluding hydrogens is 303 g/mol. The predicted octanol–water partition coefficient (Wildman–Crippen LogP) is 1.70. The molecule has 0 bridgehead atoms. The van der Waals surface area contributed by atoms with E-state index in [4.69, 9.17) is 0 Å².